The van der Waals surface area contributed by atoms with Crippen molar-refractivity contribution in [2.45, 2.75) is 65.4 Å². The van der Waals surface area contributed by atoms with Crippen LogP contribution < -0.4 is 0 Å². The number of carbonyl (C=O) groups excluding carboxylic acids is 1. The van der Waals surface area contributed by atoms with Crippen LogP contribution in [0, 0.1) is 45.3 Å². The summed E-state index contributed by atoms with van der Waals surface area (Å²) in [6.07, 6.45) is 9.16. The summed E-state index contributed by atoms with van der Waals surface area (Å²) in [5, 5.41) is 31.4. The number of aliphatic hydroxyl groups is 1. The molecule has 6 aliphatic carbocycles. The molecule has 3 N–H and O–H groups in total. The first-order chi connectivity index (χ1) is 14.5. The van der Waals surface area contributed by atoms with Gasteiger partial charge in [-0.05, 0) is 62.2 Å². The molecule has 0 radical (unpaired) electrons. The molecule has 6 aliphatic rings. The second kappa shape index (κ2) is 6.09. The van der Waals surface area contributed by atoms with E-state index >= 15 is 0 Å². The summed E-state index contributed by atoms with van der Waals surface area (Å²) < 4.78 is 0. The van der Waals surface area contributed by atoms with Gasteiger partial charge in [0.1, 0.15) is 5.78 Å². The van der Waals surface area contributed by atoms with E-state index < -0.39 is 46.1 Å². The third-order valence-electron chi connectivity index (χ3n) is 10.4. The molecular weight excluding hydrogens is 396 g/mol. The summed E-state index contributed by atoms with van der Waals surface area (Å²) in [5.41, 5.74) is -1.64. The van der Waals surface area contributed by atoms with Gasteiger partial charge < -0.3 is 15.3 Å². The molecule has 0 amide bonds. The van der Waals surface area contributed by atoms with Gasteiger partial charge in [0, 0.05) is 16.7 Å². The fourth-order valence-corrected chi connectivity index (χ4v) is 9.24. The highest BCUT2D eigenvalue weighted by Gasteiger charge is 2.77. The molecule has 0 heterocycles. The molecule has 6 rings (SSSR count). The van der Waals surface area contributed by atoms with E-state index in [0.29, 0.717) is 19.3 Å². The molecule has 2 bridgehead atoms. The Hall–Kier alpha value is -1.95. The Bertz CT molecular complexity index is 950. The third kappa shape index (κ3) is 2.15. The summed E-state index contributed by atoms with van der Waals surface area (Å²) in [7, 11) is 0. The number of carbonyl (C=O) groups is 3. The topological polar surface area (TPSA) is 112 Å². The molecule has 0 aromatic heterocycles. The molecule has 0 saturated heterocycles. The first-order valence-electron chi connectivity index (χ1n) is 11.5. The molecule has 3 fully saturated rings. The zero-order valence-electron chi connectivity index (χ0n) is 18.4. The van der Waals surface area contributed by atoms with Gasteiger partial charge in [-0.25, -0.2) is 0 Å². The Balaban J connectivity index is 1.82. The molecule has 6 nitrogen and oxygen atoms in total. The fourth-order valence-electron chi connectivity index (χ4n) is 9.24. The zero-order valence-corrected chi connectivity index (χ0v) is 18.4. The number of allylic oxidation sites excluding steroid dienone is 4. The lowest BCUT2D eigenvalue weighted by molar-refractivity contribution is -0.195. The van der Waals surface area contributed by atoms with Crippen LogP contribution in [0.1, 0.15) is 59.3 Å². The number of rotatable bonds is 3. The predicted molar refractivity (Wildman–Crippen MR) is 112 cm³/mol. The van der Waals surface area contributed by atoms with Gasteiger partial charge in [0.25, 0.3) is 0 Å². The van der Waals surface area contributed by atoms with E-state index in [1.165, 1.54) is 0 Å². The summed E-state index contributed by atoms with van der Waals surface area (Å²) >= 11 is 0. The molecule has 3 saturated carbocycles. The second-order valence-corrected chi connectivity index (χ2v) is 11.3. The van der Waals surface area contributed by atoms with Gasteiger partial charge >= 0.3 is 11.9 Å². The van der Waals surface area contributed by atoms with Crippen molar-refractivity contribution in [3.63, 3.8) is 0 Å². The minimum atomic E-state index is -1.11. The summed E-state index contributed by atoms with van der Waals surface area (Å²) in [4.78, 5) is 38.0. The van der Waals surface area contributed by atoms with Crippen LogP contribution >= 0.6 is 0 Å². The van der Waals surface area contributed by atoms with Crippen LogP contribution in [0.2, 0.25) is 0 Å². The molecule has 31 heavy (non-hydrogen) atoms. The van der Waals surface area contributed by atoms with Crippen molar-refractivity contribution in [2.24, 2.45) is 45.3 Å². The average Bonchev–Trinajstić information content (AvgIpc) is 3.04. The van der Waals surface area contributed by atoms with Crippen LogP contribution in [0.25, 0.3) is 0 Å². The standard InChI is InChI=1S/C25H32O6/c1-13(26)15-4-5-16-22(15,2)8-7-17-23(3)9-6-14(27)12-24(23)10-11-25(16,17)19(21(30)31)18(24)20(28)29/h7,10-11,14-16,18-19,27H,4-6,8-9,12H2,1-3H3,(H,28,29)(H,30,31)/t14-,15+,16-,18-,19+,22-,23-,24-,25-/m1/s1. The quantitative estimate of drug-likeness (QED) is 0.594. The predicted octanol–water partition coefficient (Wildman–Crippen LogP) is 3.45. The molecule has 9 atom stereocenters. The minimum Gasteiger partial charge on any atom is -0.481 e. The van der Waals surface area contributed by atoms with E-state index in [1.54, 1.807) is 6.92 Å². The van der Waals surface area contributed by atoms with Gasteiger partial charge in [0.15, 0.2) is 0 Å². The lowest BCUT2D eigenvalue weighted by Gasteiger charge is -2.72. The summed E-state index contributed by atoms with van der Waals surface area (Å²) in [6.45, 7) is 5.82. The number of Topliss-reactive ketones (excluding diaryl/α,β-unsaturated/α-hetero) is 1. The molecular formula is C25H32O6. The van der Waals surface area contributed by atoms with Crippen molar-refractivity contribution in [1.82, 2.24) is 0 Å². The maximum atomic E-state index is 12.8. The minimum absolute atomic E-state index is 0.0879. The van der Waals surface area contributed by atoms with Gasteiger partial charge in [-0.2, -0.15) is 0 Å². The maximum Gasteiger partial charge on any atom is 0.308 e. The molecule has 0 aromatic rings. The number of carboxylic acids is 2. The zero-order chi connectivity index (χ0) is 22.6. The summed E-state index contributed by atoms with van der Waals surface area (Å²) in [6, 6.07) is 0. The Morgan fingerprint density at radius 2 is 1.68 bits per heavy atom. The van der Waals surface area contributed by atoms with Crippen molar-refractivity contribution in [3.05, 3.63) is 23.8 Å². The number of aliphatic hydroxyl groups excluding tert-OH is 1. The van der Waals surface area contributed by atoms with Crippen LogP contribution in [-0.4, -0.2) is 39.1 Å². The molecule has 2 spiro atoms. The van der Waals surface area contributed by atoms with Gasteiger partial charge in [-0.3, -0.25) is 14.4 Å². The molecule has 0 aromatic carbocycles. The normalized spacial score (nSPS) is 52.0. The fraction of sp³-hybridized carbons (Fsp3) is 0.720. The number of aliphatic carboxylic acids is 2. The van der Waals surface area contributed by atoms with Gasteiger partial charge in [0.05, 0.1) is 17.9 Å². The maximum absolute atomic E-state index is 12.8. The number of carboxylic acid groups (broad SMARTS) is 2. The van der Waals surface area contributed by atoms with Crippen molar-refractivity contribution >= 4 is 17.7 Å². The highest BCUT2D eigenvalue weighted by atomic mass is 16.4. The number of hydrogen-bond acceptors (Lipinski definition) is 4. The molecule has 0 aliphatic heterocycles. The SMILES string of the molecule is CC(=O)[C@@H]1CC[C@@H]2[C@]1(C)CC=C1[C@@]23C=C[C@@]2(C[C@H](O)CC[C@]12C)[C@@H](C(=O)O)[C@H]3C(=O)O. The van der Waals surface area contributed by atoms with Crippen molar-refractivity contribution < 1.29 is 29.7 Å². The van der Waals surface area contributed by atoms with Crippen molar-refractivity contribution in [2.75, 3.05) is 0 Å². The van der Waals surface area contributed by atoms with Crippen LogP contribution in [0.5, 0.6) is 0 Å². The highest BCUT2D eigenvalue weighted by molar-refractivity contribution is 5.86. The monoisotopic (exact) mass is 428 g/mol. The Morgan fingerprint density at radius 3 is 2.29 bits per heavy atom. The van der Waals surface area contributed by atoms with Crippen molar-refractivity contribution in [1.29, 1.82) is 0 Å². The van der Waals surface area contributed by atoms with E-state index in [9.17, 15) is 29.7 Å². The number of hydrogen-bond donors (Lipinski definition) is 3. The third-order valence-corrected chi connectivity index (χ3v) is 10.4. The first kappa shape index (κ1) is 20.9. The number of fused-ring (bicyclic) bond motifs is 2. The Labute approximate surface area is 182 Å². The molecule has 168 valence electrons. The smallest absolute Gasteiger partial charge is 0.308 e. The van der Waals surface area contributed by atoms with Crippen LogP contribution in [0.15, 0.2) is 23.8 Å². The van der Waals surface area contributed by atoms with Gasteiger partial charge in [-0.15, -0.1) is 0 Å². The van der Waals surface area contributed by atoms with Gasteiger partial charge in [0.2, 0.25) is 0 Å². The Morgan fingerprint density at radius 1 is 1.00 bits per heavy atom. The molecule has 6 heteroatoms. The van der Waals surface area contributed by atoms with Crippen molar-refractivity contribution in [3.8, 4) is 0 Å². The van der Waals surface area contributed by atoms with Crippen LogP contribution in [-0.2, 0) is 14.4 Å². The summed E-state index contributed by atoms with van der Waals surface area (Å²) in [5.74, 6) is -4.47. The highest BCUT2D eigenvalue weighted by Crippen LogP contribution is 2.79. The van der Waals surface area contributed by atoms with E-state index in [1.807, 2.05) is 12.2 Å². The van der Waals surface area contributed by atoms with E-state index in [4.69, 9.17) is 0 Å². The first-order valence-corrected chi connectivity index (χ1v) is 11.5. The molecule has 0 unspecified atom stereocenters. The largest absolute Gasteiger partial charge is 0.481 e. The Kier molecular flexibility index (Phi) is 4.11. The number of ketones is 1. The van der Waals surface area contributed by atoms with Crippen LogP contribution in [0.4, 0.5) is 0 Å². The van der Waals surface area contributed by atoms with Crippen LogP contribution in [0.3, 0.4) is 0 Å². The average molecular weight is 429 g/mol. The van der Waals surface area contributed by atoms with E-state index in [2.05, 4.69) is 19.9 Å². The van der Waals surface area contributed by atoms with Gasteiger partial charge in [-0.1, -0.05) is 37.6 Å². The van der Waals surface area contributed by atoms with E-state index in [-0.39, 0.29) is 29.5 Å². The second-order valence-electron chi connectivity index (χ2n) is 11.3. The lowest BCUT2D eigenvalue weighted by atomic mass is 9.30. The lowest BCUT2D eigenvalue weighted by Crippen LogP contribution is -2.70. The van der Waals surface area contributed by atoms with E-state index in [0.717, 1.165) is 18.4 Å².